The van der Waals surface area contributed by atoms with Gasteiger partial charge in [-0.15, -0.1) is 0 Å². The van der Waals surface area contributed by atoms with Gasteiger partial charge in [0.2, 0.25) is 5.91 Å². The Morgan fingerprint density at radius 2 is 1.86 bits per heavy atom. The fourth-order valence-electron chi connectivity index (χ4n) is 5.00. The SMILES string of the molecule is C=Cc1ccc(-c2cccc3c(NS(=O)(=O)c4cn(C)cn4)nn(C)c23)c([C@H](CC(N)=O)Cc2cc(F)cc(F)c2)n1. The number of nitrogens with zero attached hydrogens (tertiary/aromatic N) is 5. The summed E-state index contributed by atoms with van der Waals surface area (Å²) in [5, 5.41) is 4.78. The third-order valence-electron chi connectivity index (χ3n) is 6.74. The summed E-state index contributed by atoms with van der Waals surface area (Å²) in [4.78, 5) is 20.8. The molecule has 3 N–H and O–H groups in total. The number of hydrogen-bond donors (Lipinski definition) is 2. The van der Waals surface area contributed by atoms with Crippen molar-refractivity contribution in [2.45, 2.75) is 23.8 Å². The first-order chi connectivity index (χ1) is 19.9. The molecule has 5 rings (SSSR count). The monoisotopic (exact) mass is 591 g/mol. The lowest BCUT2D eigenvalue weighted by molar-refractivity contribution is -0.118. The first kappa shape index (κ1) is 28.6. The number of halogens is 2. The highest BCUT2D eigenvalue weighted by atomic mass is 32.2. The molecule has 3 heterocycles. The predicted molar refractivity (Wildman–Crippen MR) is 155 cm³/mol. The number of pyridine rings is 1. The number of para-hydroxylation sites is 1. The van der Waals surface area contributed by atoms with Crippen LogP contribution in [0.25, 0.3) is 28.1 Å². The summed E-state index contributed by atoms with van der Waals surface area (Å²) in [6, 6.07) is 12.0. The second-order valence-electron chi connectivity index (χ2n) is 9.88. The van der Waals surface area contributed by atoms with E-state index >= 15 is 0 Å². The molecule has 0 aliphatic rings. The molecule has 0 bridgehead atoms. The van der Waals surface area contributed by atoms with E-state index in [1.165, 1.54) is 33.9 Å². The molecule has 0 radical (unpaired) electrons. The Morgan fingerprint density at radius 1 is 1.12 bits per heavy atom. The molecule has 0 spiro atoms. The third kappa shape index (κ3) is 5.77. The van der Waals surface area contributed by atoms with E-state index in [0.717, 1.165) is 6.07 Å². The molecule has 0 aliphatic heterocycles. The van der Waals surface area contributed by atoms with Gasteiger partial charge in [0.25, 0.3) is 10.0 Å². The molecule has 216 valence electrons. The van der Waals surface area contributed by atoms with Crippen LogP contribution in [-0.4, -0.2) is 38.6 Å². The van der Waals surface area contributed by atoms with E-state index in [4.69, 9.17) is 10.7 Å². The van der Waals surface area contributed by atoms with Crippen molar-refractivity contribution in [3.8, 4) is 11.1 Å². The highest BCUT2D eigenvalue weighted by Crippen LogP contribution is 2.38. The number of imidazole rings is 1. The molecule has 0 aliphatic carbocycles. The largest absolute Gasteiger partial charge is 0.370 e. The Kier molecular flexibility index (Phi) is 7.61. The summed E-state index contributed by atoms with van der Waals surface area (Å²) in [6.07, 6.45) is 4.24. The predicted octanol–water partition coefficient (Wildman–Crippen LogP) is 4.29. The molecule has 0 saturated heterocycles. The van der Waals surface area contributed by atoms with Crippen LogP contribution in [0.3, 0.4) is 0 Å². The van der Waals surface area contributed by atoms with Crippen molar-refractivity contribution in [1.82, 2.24) is 24.3 Å². The maximum absolute atomic E-state index is 14.0. The molecule has 13 heteroatoms. The standard InChI is InChI=1S/C29H27F2N7O3S/c1-4-21-8-9-22(27(34-21)18(13-25(32)39)10-17-11-19(30)14-20(31)12-17)23-6-5-7-24-28(23)38(3)35-29(24)36-42(40,41)26-15-37(2)16-33-26/h4-9,11-12,14-16,18H,1,10,13H2,2-3H3,(H2,32,39)(H,35,36)/t18-/m0/s1. The second-order valence-corrected chi connectivity index (χ2v) is 11.5. The number of hydrogen-bond acceptors (Lipinski definition) is 6. The molecular formula is C29H27F2N7O3S. The van der Waals surface area contributed by atoms with Gasteiger partial charge in [-0.05, 0) is 42.3 Å². The van der Waals surface area contributed by atoms with Crippen molar-refractivity contribution in [2.75, 3.05) is 4.72 Å². The lowest BCUT2D eigenvalue weighted by Crippen LogP contribution is -2.19. The molecule has 0 unspecified atom stereocenters. The van der Waals surface area contributed by atoms with Crippen LogP contribution in [0.4, 0.5) is 14.6 Å². The van der Waals surface area contributed by atoms with Crippen LogP contribution in [0.15, 0.2) is 72.7 Å². The molecule has 2 aromatic carbocycles. The normalized spacial score (nSPS) is 12.4. The first-order valence-corrected chi connectivity index (χ1v) is 14.3. The number of amides is 1. The number of primary amides is 1. The summed E-state index contributed by atoms with van der Waals surface area (Å²) >= 11 is 0. The van der Waals surface area contributed by atoms with Crippen LogP contribution in [0.1, 0.15) is 29.3 Å². The second kappa shape index (κ2) is 11.2. The molecule has 0 saturated carbocycles. The van der Waals surface area contributed by atoms with Crippen molar-refractivity contribution >= 4 is 38.7 Å². The van der Waals surface area contributed by atoms with Gasteiger partial charge in [-0.2, -0.15) is 13.5 Å². The molecule has 1 amide bonds. The minimum absolute atomic E-state index is 0.0781. The lowest BCUT2D eigenvalue weighted by Gasteiger charge is -2.20. The molecule has 0 fully saturated rings. The number of nitrogens with two attached hydrogens (primary N) is 1. The molecule has 42 heavy (non-hydrogen) atoms. The topological polar surface area (TPSA) is 138 Å². The summed E-state index contributed by atoms with van der Waals surface area (Å²) in [5.41, 5.74) is 8.76. The Hall–Kier alpha value is -4.91. The molecule has 10 nitrogen and oxygen atoms in total. The van der Waals surface area contributed by atoms with Crippen LogP contribution in [0.5, 0.6) is 0 Å². The summed E-state index contributed by atoms with van der Waals surface area (Å²) in [5.74, 6) is -2.64. The summed E-state index contributed by atoms with van der Waals surface area (Å²) < 4.78 is 59.7. The number of nitrogens with one attached hydrogen (secondary N) is 1. The number of anilines is 1. The van der Waals surface area contributed by atoms with Crippen LogP contribution < -0.4 is 10.5 Å². The van der Waals surface area contributed by atoms with E-state index in [0.29, 0.717) is 39.0 Å². The Balaban J connectivity index is 1.65. The number of benzene rings is 2. The highest BCUT2D eigenvalue weighted by Gasteiger charge is 2.26. The number of sulfonamides is 1. The first-order valence-electron chi connectivity index (χ1n) is 12.8. The fourth-order valence-corrected chi connectivity index (χ4v) is 6.00. The summed E-state index contributed by atoms with van der Waals surface area (Å²) in [6.45, 7) is 3.79. The average Bonchev–Trinajstić information content (AvgIpc) is 3.50. The van der Waals surface area contributed by atoms with E-state index in [9.17, 15) is 22.0 Å². The van der Waals surface area contributed by atoms with E-state index < -0.39 is 33.5 Å². The van der Waals surface area contributed by atoms with Crippen LogP contribution in [0.2, 0.25) is 0 Å². The molecule has 1 atom stereocenters. The van der Waals surface area contributed by atoms with Gasteiger partial charge in [0.15, 0.2) is 10.8 Å². The van der Waals surface area contributed by atoms with Gasteiger partial charge in [-0.1, -0.05) is 24.8 Å². The van der Waals surface area contributed by atoms with Gasteiger partial charge in [0.1, 0.15) is 11.6 Å². The number of aromatic nitrogens is 5. The minimum Gasteiger partial charge on any atom is -0.370 e. The summed E-state index contributed by atoms with van der Waals surface area (Å²) in [7, 11) is -0.694. The Labute approximate surface area is 240 Å². The van der Waals surface area contributed by atoms with Gasteiger partial charge in [0.05, 0.1) is 23.2 Å². The number of carbonyl (C=O) groups is 1. The maximum Gasteiger partial charge on any atom is 0.282 e. The number of fused-ring (bicyclic) bond motifs is 1. The quantitative estimate of drug-likeness (QED) is 0.249. The maximum atomic E-state index is 14.0. The van der Waals surface area contributed by atoms with Crippen molar-refractivity contribution in [3.63, 3.8) is 0 Å². The average molecular weight is 592 g/mol. The van der Waals surface area contributed by atoms with E-state index in [-0.39, 0.29) is 23.7 Å². The van der Waals surface area contributed by atoms with E-state index in [2.05, 4.69) is 21.4 Å². The number of aryl methyl sites for hydroxylation is 2. The van der Waals surface area contributed by atoms with Gasteiger partial charge in [-0.3, -0.25) is 19.2 Å². The van der Waals surface area contributed by atoms with Crippen LogP contribution in [0, 0.1) is 11.6 Å². The van der Waals surface area contributed by atoms with Crippen molar-refractivity contribution < 1.29 is 22.0 Å². The lowest BCUT2D eigenvalue weighted by atomic mass is 9.87. The van der Waals surface area contributed by atoms with Crippen molar-refractivity contribution in [1.29, 1.82) is 0 Å². The molecule has 5 aromatic rings. The van der Waals surface area contributed by atoms with E-state index in [1.54, 1.807) is 44.4 Å². The molecular weight excluding hydrogens is 564 g/mol. The van der Waals surface area contributed by atoms with Gasteiger partial charge in [0, 0.05) is 55.2 Å². The van der Waals surface area contributed by atoms with Crippen molar-refractivity contribution in [3.05, 3.63) is 96.2 Å². The smallest absolute Gasteiger partial charge is 0.282 e. The number of rotatable bonds is 10. The third-order valence-corrected chi connectivity index (χ3v) is 7.96. The fraction of sp³-hybridized carbons (Fsp3) is 0.172. The molecule has 3 aromatic heterocycles. The number of carbonyl (C=O) groups excluding carboxylic acids is 1. The van der Waals surface area contributed by atoms with E-state index in [1.807, 2.05) is 6.07 Å². The zero-order chi connectivity index (χ0) is 30.2. The minimum atomic E-state index is -4.03. The van der Waals surface area contributed by atoms with Crippen LogP contribution >= 0.6 is 0 Å². The van der Waals surface area contributed by atoms with Gasteiger partial charge in [-0.25, -0.2) is 13.8 Å². The van der Waals surface area contributed by atoms with Crippen molar-refractivity contribution in [2.24, 2.45) is 19.8 Å². The zero-order valence-corrected chi connectivity index (χ0v) is 23.6. The Bertz CT molecular complexity index is 1930. The Morgan fingerprint density at radius 3 is 2.50 bits per heavy atom. The zero-order valence-electron chi connectivity index (χ0n) is 22.8. The highest BCUT2D eigenvalue weighted by molar-refractivity contribution is 7.92. The van der Waals surface area contributed by atoms with Gasteiger partial charge < -0.3 is 10.3 Å². The van der Waals surface area contributed by atoms with Gasteiger partial charge >= 0.3 is 0 Å². The van der Waals surface area contributed by atoms with Crippen LogP contribution in [-0.2, 0) is 35.3 Å².